The van der Waals surface area contributed by atoms with Crippen molar-refractivity contribution in [3.05, 3.63) is 0 Å². The molecule has 1 rings (SSSR count). The van der Waals surface area contributed by atoms with Crippen LogP contribution in [-0.4, -0.2) is 47.5 Å². The van der Waals surface area contributed by atoms with Crippen molar-refractivity contribution >= 4 is 6.41 Å². The molecular formula is C7H15N2O2+. The molecule has 0 aromatic rings. The molecule has 64 valence electrons. The molecule has 0 aliphatic carbocycles. The summed E-state index contributed by atoms with van der Waals surface area (Å²) in [5, 5.41) is 11.1. The second-order valence-electron chi connectivity index (χ2n) is 3.76. The first-order valence-electron chi connectivity index (χ1n) is 3.71. The lowest BCUT2D eigenvalue weighted by Gasteiger charge is -2.34. The number of rotatable bonds is 1. The van der Waals surface area contributed by atoms with E-state index in [9.17, 15) is 9.90 Å². The Morgan fingerprint density at radius 2 is 2.18 bits per heavy atom. The minimum absolute atomic E-state index is 0.441. The Kier molecular flexibility index (Phi) is 1.69. The molecule has 0 spiro atoms. The fourth-order valence-corrected chi connectivity index (χ4v) is 1.53. The molecule has 1 N–H and O–H groups in total. The Morgan fingerprint density at radius 3 is 2.36 bits per heavy atom. The van der Waals surface area contributed by atoms with E-state index in [1.165, 1.54) is 5.01 Å². The fraction of sp³-hybridized carbons (Fsp3) is 0.857. The highest BCUT2D eigenvalue weighted by Gasteiger charge is 2.47. The van der Waals surface area contributed by atoms with E-state index in [1.54, 1.807) is 6.92 Å². The number of nitrogens with zero attached hydrogens (tertiary/aromatic N) is 2. The topological polar surface area (TPSA) is 40.5 Å². The summed E-state index contributed by atoms with van der Waals surface area (Å²) in [6.45, 7) is 2.46. The van der Waals surface area contributed by atoms with Gasteiger partial charge in [-0.15, -0.1) is 0 Å². The van der Waals surface area contributed by atoms with Gasteiger partial charge in [0.1, 0.15) is 6.54 Å². The third-order valence-electron chi connectivity index (χ3n) is 2.31. The smallest absolute Gasteiger partial charge is 0.258 e. The molecule has 0 aromatic heterocycles. The third-order valence-corrected chi connectivity index (χ3v) is 2.31. The van der Waals surface area contributed by atoms with Crippen molar-refractivity contribution in [1.29, 1.82) is 0 Å². The largest absolute Gasteiger partial charge is 0.367 e. The molecular weight excluding hydrogens is 144 g/mol. The van der Waals surface area contributed by atoms with E-state index < -0.39 is 5.72 Å². The second-order valence-corrected chi connectivity index (χ2v) is 3.76. The Labute approximate surface area is 66.6 Å². The lowest BCUT2D eigenvalue weighted by Crippen LogP contribution is -2.55. The van der Waals surface area contributed by atoms with Crippen LogP contribution in [0.5, 0.6) is 0 Å². The van der Waals surface area contributed by atoms with Crippen LogP contribution < -0.4 is 0 Å². The third kappa shape index (κ3) is 1.23. The molecule has 4 nitrogen and oxygen atoms in total. The zero-order valence-corrected chi connectivity index (χ0v) is 7.24. The number of carbonyl (C=O) groups excluding carboxylic acids is 1. The van der Waals surface area contributed by atoms with Gasteiger partial charge in [0.25, 0.3) is 6.41 Å². The van der Waals surface area contributed by atoms with Crippen LogP contribution in [0.15, 0.2) is 0 Å². The normalized spacial score (nSPS) is 35.8. The Hall–Kier alpha value is -0.610. The zero-order valence-electron chi connectivity index (χ0n) is 7.24. The molecule has 11 heavy (non-hydrogen) atoms. The van der Waals surface area contributed by atoms with Gasteiger partial charge >= 0.3 is 0 Å². The number of aliphatic hydroxyl groups is 1. The first kappa shape index (κ1) is 8.49. The molecule has 0 aromatic carbocycles. The van der Waals surface area contributed by atoms with Gasteiger partial charge in [-0.2, -0.15) is 5.01 Å². The first-order chi connectivity index (χ1) is 4.90. The Morgan fingerprint density at radius 1 is 1.64 bits per heavy atom. The van der Waals surface area contributed by atoms with E-state index in [4.69, 9.17) is 0 Å². The summed E-state index contributed by atoms with van der Waals surface area (Å²) in [6.07, 6.45) is 1.34. The molecule has 1 fully saturated rings. The number of hydrogen-bond acceptors (Lipinski definition) is 2. The van der Waals surface area contributed by atoms with Crippen LogP contribution in [0, 0.1) is 0 Å². The van der Waals surface area contributed by atoms with E-state index in [0.29, 0.717) is 17.4 Å². The molecule has 4 heteroatoms. The molecule has 0 bridgehead atoms. The summed E-state index contributed by atoms with van der Waals surface area (Å²) in [5.41, 5.74) is -0.967. The van der Waals surface area contributed by atoms with Crippen molar-refractivity contribution < 1.29 is 14.5 Å². The maximum absolute atomic E-state index is 10.6. The quantitative estimate of drug-likeness (QED) is 0.416. The SMILES string of the molecule is CC1(O)CC[N+](C)(C)N1C=O. The van der Waals surface area contributed by atoms with Crippen LogP contribution in [0.25, 0.3) is 0 Å². The average molecular weight is 159 g/mol. The highest BCUT2D eigenvalue weighted by Crippen LogP contribution is 2.28. The van der Waals surface area contributed by atoms with Gasteiger partial charge in [-0.05, 0) is 6.92 Å². The maximum atomic E-state index is 10.6. The van der Waals surface area contributed by atoms with Crippen LogP contribution in [0.1, 0.15) is 13.3 Å². The van der Waals surface area contributed by atoms with Crippen LogP contribution in [-0.2, 0) is 4.79 Å². The van der Waals surface area contributed by atoms with Crippen molar-refractivity contribution in [2.45, 2.75) is 19.1 Å². The van der Waals surface area contributed by atoms with Crippen LogP contribution in [0.4, 0.5) is 0 Å². The monoisotopic (exact) mass is 159 g/mol. The van der Waals surface area contributed by atoms with Crippen molar-refractivity contribution in [3.63, 3.8) is 0 Å². The number of amides is 1. The van der Waals surface area contributed by atoms with E-state index in [1.807, 2.05) is 14.1 Å². The number of hydrogen-bond donors (Lipinski definition) is 1. The molecule has 1 saturated heterocycles. The Bertz CT molecular complexity index is 161. The van der Waals surface area contributed by atoms with Gasteiger partial charge in [0, 0.05) is 0 Å². The second kappa shape index (κ2) is 2.19. The van der Waals surface area contributed by atoms with E-state index in [-0.39, 0.29) is 0 Å². The Balaban J connectivity index is 2.88. The first-order valence-corrected chi connectivity index (χ1v) is 3.71. The zero-order chi connectivity index (χ0) is 8.70. The summed E-state index contributed by atoms with van der Waals surface area (Å²) in [5.74, 6) is 0. The summed E-state index contributed by atoms with van der Waals surface area (Å²) in [4.78, 5) is 10.6. The number of quaternary nitrogens is 1. The highest BCUT2D eigenvalue weighted by atomic mass is 16.3. The van der Waals surface area contributed by atoms with E-state index >= 15 is 0 Å². The standard InChI is InChI=1S/C7H15N2O2/c1-7(11)4-5-9(2,3)8(7)6-10/h6,11H,4-5H2,1-3H3/q+1. The van der Waals surface area contributed by atoms with Crippen molar-refractivity contribution in [2.75, 3.05) is 20.6 Å². The average Bonchev–Trinajstić information content (AvgIpc) is 2.03. The molecule has 1 heterocycles. The van der Waals surface area contributed by atoms with Gasteiger partial charge in [0.15, 0.2) is 5.72 Å². The van der Waals surface area contributed by atoms with Gasteiger partial charge in [-0.25, -0.2) is 4.59 Å². The van der Waals surface area contributed by atoms with Gasteiger partial charge in [0.2, 0.25) is 0 Å². The molecule has 1 atom stereocenters. The molecule has 1 aliphatic rings. The lowest BCUT2D eigenvalue weighted by atomic mass is 10.2. The van der Waals surface area contributed by atoms with Crippen molar-refractivity contribution in [3.8, 4) is 0 Å². The number of carbonyl (C=O) groups is 1. The van der Waals surface area contributed by atoms with Gasteiger partial charge < -0.3 is 5.11 Å². The molecule has 1 amide bonds. The molecule has 0 radical (unpaired) electrons. The fourth-order valence-electron chi connectivity index (χ4n) is 1.53. The summed E-state index contributed by atoms with van der Waals surface area (Å²) in [6, 6.07) is 0. The molecule has 1 unspecified atom stereocenters. The van der Waals surface area contributed by atoms with Gasteiger partial charge in [-0.3, -0.25) is 4.79 Å². The summed E-state index contributed by atoms with van der Waals surface area (Å²) in [7, 11) is 3.80. The minimum Gasteiger partial charge on any atom is -0.367 e. The van der Waals surface area contributed by atoms with Crippen LogP contribution >= 0.6 is 0 Å². The maximum Gasteiger partial charge on any atom is 0.258 e. The van der Waals surface area contributed by atoms with Gasteiger partial charge in [0.05, 0.1) is 20.5 Å². The van der Waals surface area contributed by atoms with Crippen molar-refractivity contribution in [2.24, 2.45) is 0 Å². The van der Waals surface area contributed by atoms with Crippen LogP contribution in [0.3, 0.4) is 0 Å². The lowest BCUT2D eigenvalue weighted by molar-refractivity contribution is -0.983. The van der Waals surface area contributed by atoms with Gasteiger partial charge in [-0.1, -0.05) is 0 Å². The van der Waals surface area contributed by atoms with E-state index in [2.05, 4.69) is 0 Å². The highest BCUT2D eigenvalue weighted by molar-refractivity contribution is 5.46. The van der Waals surface area contributed by atoms with E-state index in [0.717, 1.165) is 6.54 Å². The summed E-state index contributed by atoms with van der Waals surface area (Å²) >= 11 is 0. The molecule has 1 aliphatic heterocycles. The minimum atomic E-state index is -0.967. The predicted octanol–water partition coefficient (Wildman–Crippen LogP) is -0.452. The summed E-state index contributed by atoms with van der Waals surface area (Å²) < 4.78 is 0.441. The van der Waals surface area contributed by atoms with Crippen molar-refractivity contribution in [1.82, 2.24) is 5.01 Å². The predicted molar refractivity (Wildman–Crippen MR) is 40.1 cm³/mol. The van der Waals surface area contributed by atoms with Crippen LogP contribution in [0.2, 0.25) is 0 Å². The molecule has 0 saturated carbocycles.